The Morgan fingerprint density at radius 2 is 1.11 bits per heavy atom. The number of carbonyl (C=O) groups excluding carboxylic acids is 6. The van der Waals surface area contributed by atoms with Gasteiger partial charge in [0.25, 0.3) is 11.8 Å². The van der Waals surface area contributed by atoms with Crippen LogP contribution in [-0.4, -0.2) is 105 Å². The fraction of sp³-hybridized carbons (Fsp3) is 0.385. The number of rotatable bonds is 17. The van der Waals surface area contributed by atoms with E-state index in [0.29, 0.717) is 0 Å². The summed E-state index contributed by atoms with van der Waals surface area (Å²) in [5.41, 5.74) is 11.3. The molecule has 2 aromatic heterocycles. The number of nitrogens with two attached hydrogens (primary N) is 2. The van der Waals surface area contributed by atoms with Crippen molar-refractivity contribution in [3.05, 3.63) is 47.8 Å². The van der Waals surface area contributed by atoms with Crippen molar-refractivity contribution < 1.29 is 38.2 Å². The Morgan fingerprint density at radius 3 is 1.43 bits per heavy atom. The molecule has 0 aromatic carbocycles. The summed E-state index contributed by atoms with van der Waals surface area (Å²) in [7, 11) is 5.98. The average Bonchev–Trinajstić information content (AvgIpc) is 3.08. The Morgan fingerprint density at radius 1 is 0.739 bits per heavy atom. The van der Waals surface area contributed by atoms with E-state index in [1.54, 1.807) is 0 Å². The Hall–Kier alpha value is -2.46. The van der Waals surface area contributed by atoms with Crippen molar-refractivity contribution in [3.8, 4) is 11.4 Å². The molecule has 2 amide bonds. The molecule has 2 aromatic rings. The molecule has 250 valence electrons. The highest BCUT2D eigenvalue weighted by atomic mass is 33.1. The first-order chi connectivity index (χ1) is 22.0. The molecule has 20 heteroatoms. The zero-order chi connectivity index (χ0) is 34.2. The van der Waals surface area contributed by atoms with Gasteiger partial charge in [-0.2, -0.15) is 25.3 Å². The fourth-order valence-electron chi connectivity index (χ4n) is 3.24. The number of esters is 2. The molecule has 2 unspecified atom stereocenters. The summed E-state index contributed by atoms with van der Waals surface area (Å²) in [6.07, 6.45) is 2.78. The lowest BCUT2D eigenvalue weighted by molar-refractivity contribution is -0.143. The lowest BCUT2D eigenvalue weighted by atomic mass is 10.0. The molecule has 4 atom stereocenters. The third-order valence-electron chi connectivity index (χ3n) is 5.66. The first-order valence-electron chi connectivity index (χ1n) is 13.1. The summed E-state index contributed by atoms with van der Waals surface area (Å²) < 4.78 is 9.63. The number of carbonyl (C=O) groups is 6. The molecule has 6 N–H and O–H groups in total. The minimum absolute atomic E-state index is 0.0113. The average molecular weight is 749 g/mol. The Kier molecular flexibility index (Phi) is 17.9. The molecule has 46 heavy (non-hydrogen) atoms. The first-order valence-corrected chi connectivity index (χ1v) is 19.0. The number of thiol groups is 2. The van der Waals surface area contributed by atoms with E-state index in [4.69, 9.17) is 20.9 Å². The van der Waals surface area contributed by atoms with Gasteiger partial charge in [-0.05, 0) is 45.9 Å². The van der Waals surface area contributed by atoms with Gasteiger partial charge in [-0.3, -0.25) is 29.1 Å². The molecule has 0 saturated carbocycles. The number of aromatic nitrogens is 2. The van der Waals surface area contributed by atoms with Crippen LogP contribution in [0.5, 0.6) is 0 Å². The maximum atomic E-state index is 13.4. The van der Waals surface area contributed by atoms with E-state index in [9.17, 15) is 28.8 Å². The highest BCUT2D eigenvalue weighted by Crippen LogP contribution is 2.27. The van der Waals surface area contributed by atoms with E-state index in [1.165, 1.54) is 36.7 Å². The van der Waals surface area contributed by atoms with Gasteiger partial charge in [-0.15, -0.1) is 0 Å². The van der Waals surface area contributed by atoms with Crippen molar-refractivity contribution in [1.82, 2.24) is 20.6 Å². The third kappa shape index (κ3) is 12.0. The number of hydrogen-bond acceptors (Lipinski definition) is 18. The highest BCUT2D eigenvalue weighted by Gasteiger charge is 2.29. The van der Waals surface area contributed by atoms with E-state index < -0.39 is 47.9 Å². The van der Waals surface area contributed by atoms with Crippen molar-refractivity contribution in [2.75, 3.05) is 37.2 Å². The summed E-state index contributed by atoms with van der Waals surface area (Å²) in [5, 5.41) is 4.47. The zero-order valence-electron chi connectivity index (χ0n) is 24.4. The predicted molar refractivity (Wildman–Crippen MR) is 188 cm³/mol. The quantitative estimate of drug-likeness (QED) is 0.0755. The van der Waals surface area contributed by atoms with Gasteiger partial charge >= 0.3 is 11.9 Å². The molecule has 0 saturated heterocycles. The Balaban J connectivity index is 2.29. The minimum atomic E-state index is -1.15. The van der Waals surface area contributed by atoms with Crippen LogP contribution in [0.15, 0.2) is 36.7 Å². The molecule has 0 spiro atoms. The van der Waals surface area contributed by atoms with Crippen molar-refractivity contribution in [2.24, 2.45) is 11.5 Å². The van der Waals surface area contributed by atoms with Gasteiger partial charge in [0, 0.05) is 35.4 Å². The molecule has 0 bridgehead atoms. The van der Waals surface area contributed by atoms with Gasteiger partial charge < -0.3 is 31.6 Å². The number of hydrogen-bond donors (Lipinski definition) is 6. The molecule has 0 aliphatic carbocycles. The van der Waals surface area contributed by atoms with Crippen molar-refractivity contribution in [2.45, 2.75) is 24.2 Å². The summed E-state index contributed by atoms with van der Waals surface area (Å²) in [5.74, 6) is -2.74. The van der Waals surface area contributed by atoms with Gasteiger partial charge in [0.15, 0.2) is 0 Å². The second-order valence-electron chi connectivity index (χ2n) is 8.85. The molecule has 14 nitrogen and oxygen atoms in total. The molecule has 0 aliphatic rings. The van der Waals surface area contributed by atoms with E-state index in [0.717, 1.165) is 57.4 Å². The smallest absolute Gasteiger partial charge is 0.329 e. The maximum absolute atomic E-state index is 13.4. The maximum Gasteiger partial charge on any atom is 0.329 e. The molecule has 2 heterocycles. The van der Waals surface area contributed by atoms with Crippen LogP contribution in [0.25, 0.3) is 11.4 Å². The normalized spacial score (nSPS) is 13.4. The van der Waals surface area contributed by atoms with Gasteiger partial charge in [-0.25, -0.2) is 9.59 Å². The van der Waals surface area contributed by atoms with Crippen LogP contribution in [0, 0.1) is 0 Å². The first kappa shape index (κ1) is 39.7. The third-order valence-corrected chi connectivity index (χ3v) is 11.1. The van der Waals surface area contributed by atoms with E-state index in [-0.39, 0.29) is 55.8 Å². The fourth-order valence-corrected chi connectivity index (χ4v) is 7.98. The number of nitrogens with zero attached hydrogens (tertiary/aromatic N) is 2. The van der Waals surface area contributed by atoms with Crippen LogP contribution in [-0.2, 0) is 28.7 Å². The lowest BCUT2D eigenvalue weighted by Gasteiger charge is -2.18. The summed E-state index contributed by atoms with van der Waals surface area (Å²) in [4.78, 5) is 84.4. The SMILES string of the molecule is COC(=O)C(CSSC(=O)[C@@H](N)CS)NC(=O)c1cccnc1-c1ncccc1C(=O)NC(CSSC(=O)[C@@H](N)CS)C(=O)OC. The standard InChI is InChI=1S/C26H32N6O8S6/c1-39-23(35)17(11-43-45-25(37)15(27)9-41)31-21(33)13-5-3-7-29-19(13)20-14(6-4-8-30-20)22(34)32-18(24(36)40-2)12-44-46-26(38)16(28)10-42/h3-8,15-18,41-42H,9-12,27-28H2,1-2H3,(H,31,33)(H,32,34)/t15-,16-,17?,18?/m0/s1. The molecule has 0 fully saturated rings. The van der Waals surface area contributed by atoms with E-state index in [1.807, 2.05) is 0 Å². The number of amides is 2. The highest BCUT2D eigenvalue weighted by molar-refractivity contribution is 8.82. The van der Waals surface area contributed by atoms with Crippen LogP contribution in [0.3, 0.4) is 0 Å². The van der Waals surface area contributed by atoms with E-state index >= 15 is 0 Å². The van der Waals surface area contributed by atoms with Crippen molar-refractivity contribution in [3.63, 3.8) is 0 Å². The largest absolute Gasteiger partial charge is 0.467 e. The van der Waals surface area contributed by atoms with E-state index in [2.05, 4.69) is 45.9 Å². The lowest BCUT2D eigenvalue weighted by Crippen LogP contribution is -2.44. The zero-order valence-corrected chi connectivity index (χ0v) is 29.5. The minimum Gasteiger partial charge on any atom is -0.467 e. The second kappa shape index (κ2) is 20.7. The Labute approximate surface area is 291 Å². The topological polar surface area (TPSA) is 223 Å². The summed E-state index contributed by atoms with van der Waals surface area (Å²) in [6.45, 7) is 0. The van der Waals surface area contributed by atoms with Gasteiger partial charge in [0.2, 0.25) is 10.2 Å². The molecule has 2 rings (SSSR count). The Bertz CT molecular complexity index is 1300. The van der Waals surface area contributed by atoms with Crippen LogP contribution in [0.1, 0.15) is 20.7 Å². The number of nitrogens with one attached hydrogen (secondary N) is 2. The van der Waals surface area contributed by atoms with Crippen LogP contribution in [0.2, 0.25) is 0 Å². The van der Waals surface area contributed by atoms with Crippen LogP contribution in [0.4, 0.5) is 0 Å². The molecular weight excluding hydrogens is 717 g/mol. The van der Waals surface area contributed by atoms with Crippen LogP contribution < -0.4 is 22.1 Å². The monoisotopic (exact) mass is 748 g/mol. The van der Waals surface area contributed by atoms with Crippen molar-refractivity contribution >= 4 is 102 Å². The number of pyridine rings is 2. The summed E-state index contributed by atoms with van der Waals surface area (Å²) >= 11 is 7.99. The van der Waals surface area contributed by atoms with Gasteiger partial charge in [0.05, 0.1) is 37.4 Å². The molecule has 0 aliphatic heterocycles. The number of ether oxygens (including phenoxy) is 2. The van der Waals surface area contributed by atoms with Gasteiger partial charge in [-0.1, -0.05) is 21.6 Å². The van der Waals surface area contributed by atoms with Crippen molar-refractivity contribution in [1.29, 1.82) is 0 Å². The van der Waals surface area contributed by atoms with Crippen LogP contribution >= 0.6 is 68.4 Å². The molecular formula is C26H32N6O8S6. The number of methoxy groups -OCH3 is 2. The predicted octanol–water partition coefficient (Wildman–Crippen LogP) is 1.02. The van der Waals surface area contributed by atoms with Gasteiger partial charge in [0.1, 0.15) is 23.5 Å². The second-order valence-corrected chi connectivity index (χ2v) is 14.3. The molecule has 0 radical (unpaired) electrons. The summed E-state index contributed by atoms with van der Waals surface area (Å²) in [6, 6.07) is 1.94.